The largest absolute Gasteiger partial charge is 0.295 e. The van der Waals surface area contributed by atoms with E-state index < -0.39 is 0 Å². The number of aromatic nitrogens is 3. The predicted octanol–water partition coefficient (Wildman–Crippen LogP) is 4.00. The van der Waals surface area contributed by atoms with E-state index in [0.29, 0.717) is 10.8 Å². The molecule has 0 saturated heterocycles. The van der Waals surface area contributed by atoms with Gasteiger partial charge in [-0.15, -0.1) is 21.6 Å². The fraction of sp³-hybridized carbons (Fsp3) is 0. The zero-order valence-electron chi connectivity index (χ0n) is 10.0. The highest BCUT2D eigenvalue weighted by Gasteiger charge is 2.11. The maximum atomic E-state index is 11.8. The van der Waals surface area contributed by atoms with Crippen LogP contribution in [0, 0.1) is 0 Å². The van der Waals surface area contributed by atoms with E-state index in [2.05, 4.69) is 41.3 Å². The molecule has 0 aliphatic heterocycles. The van der Waals surface area contributed by atoms with Crippen molar-refractivity contribution < 1.29 is 0 Å². The summed E-state index contributed by atoms with van der Waals surface area (Å²) in [5.41, 5.74) is 1.37. The van der Waals surface area contributed by atoms with Crippen molar-refractivity contribution >= 4 is 38.1 Å². The van der Waals surface area contributed by atoms with Crippen LogP contribution in [0.15, 0.2) is 55.3 Å². The first-order chi connectivity index (χ1) is 9.74. The molecule has 100 valence electrons. The summed E-state index contributed by atoms with van der Waals surface area (Å²) in [6.07, 6.45) is 1.63. The summed E-state index contributed by atoms with van der Waals surface area (Å²) in [4.78, 5) is 15.8. The first-order valence-corrected chi connectivity index (χ1v) is 7.29. The van der Waals surface area contributed by atoms with Crippen LogP contribution in [0.4, 0.5) is 10.8 Å². The molecule has 0 unspecified atom stereocenters. The van der Waals surface area contributed by atoms with Crippen LogP contribution in [-0.4, -0.2) is 15.2 Å². The molecule has 0 saturated carbocycles. The number of thiazole rings is 1. The predicted molar refractivity (Wildman–Crippen MR) is 80.8 cm³/mol. The summed E-state index contributed by atoms with van der Waals surface area (Å²) in [6.45, 7) is 0. The molecule has 0 radical (unpaired) electrons. The molecule has 0 fully saturated rings. The van der Waals surface area contributed by atoms with E-state index in [1.807, 2.05) is 24.3 Å². The summed E-state index contributed by atoms with van der Waals surface area (Å²) in [5, 5.41) is 15.6. The van der Waals surface area contributed by atoms with Gasteiger partial charge in [0.15, 0.2) is 5.69 Å². The smallest absolute Gasteiger partial charge is 0.292 e. The Morgan fingerprint density at radius 2 is 1.95 bits per heavy atom. The number of halogens is 1. The fourth-order valence-electron chi connectivity index (χ4n) is 1.63. The molecule has 2 heterocycles. The van der Waals surface area contributed by atoms with Crippen LogP contribution in [0.2, 0.25) is 0 Å². The molecule has 0 atom stereocenters. The van der Waals surface area contributed by atoms with Crippen LogP contribution >= 0.6 is 27.3 Å². The van der Waals surface area contributed by atoms with Crippen LogP contribution in [-0.2, 0) is 0 Å². The van der Waals surface area contributed by atoms with Gasteiger partial charge in [0.25, 0.3) is 5.56 Å². The second-order valence-corrected chi connectivity index (χ2v) is 5.61. The second-order valence-electron chi connectivity index (χ2n) is 3.82. The normalized spacial score (nSPS) is 11.2. The van der Waals surface area contributed by atoms with E-state index >= 15 is 0 Å². The van der Waals surface area contributed by atoms with Gasteiger partial charge in [0.1, 0.15) is 0 Å². The van der Waals surface area contributed by atoms with Crippen LogP contribution < -0.4 is 5.56 Å². The second kappa shape index (κ2) is 5.51. The molecule has 20 heavy (non-hydrogen) atoms. The SMILES string of the molecule is O=c1[nH][nH]c(-c2ccc(Br)cc2)c1N=Nc1nccs1. The third-order valence-corrected chi connectivity index (χ3v) is 3.72. The maximum Gasteiger partial charge on any atom is 0.292 e. The van der Waals surface area contributed by atoms with Gasteiger partial charge in [0.05, 0.1) is 5.69 Å². The number of benzene rings is 1. The van der Waals surface area contributed by atoms with E-state index in [-0.39, 0.29) is 11.2 Å². The molecule has 0 aliphatic rings. The lowest BCUT2D eigenvalue weighted by Gasteiger charge is -1.98. The van der Waals surface area contributed by atoms with Crippen molar-refractivity contribution in [1.82, 2.24) is 15.2 Å². The van der Waals surface area contributed by atoms with Crippen molar-refractivity contribution in [2.24, 2.45) is 10.2 Å². The minimum atomic E-state index is -0.316. The summed E-state index contributed by atoms with van der Waals surface area (Å²) in [5.74, 6) is 0. The Hall–Kier alpha value is -2.06. The Morgan fingerprint density at radius 3 is 2.65 bits per heavy atom. The van der Waals surface area contributed by atoms with Crippen LogP contribution in [0.5, 0.6) is 0 Å². The van der Waals surface area contributed by atoms with Gasteiger partial charge >= 0.3 is 0 Å². The zero-order valence-corrected chi connectivity index (χ0v) is 12.4. The first-order valence-electron chi connectivity index (χ1n) is 5.62. The summed E-state index contributed by atoms with van der Waals surface area (Å²) >= 11 is 4.72. The quantitative estimate of drug-likeness (QED) is 0.700. The Kier molecular flexibility index (Phi) is 3.57. The number of nitrogens with one attached hydrogen (secondary N) is 2. The molecule has 3 rings (SSSR count). The molecule has 0 spiro atoms. The molecule has 1 aromatic carbocycles. The lowest BCUT2D eigenvalue weighted by atomic mass is 10.1. The van der Waals surface area contributed by atoms with Gasteiger partial charge in [-0.2, -0.15) is 0 Å². The number of hydrogen-bond donors (Lipinski definition) is 2. The fourth-order valence-corrected chi connectivity index (χ4v) is 2.35. The molecular weight excluding hydrogens is 342 g/mol. The van der Waals surface area contributed by atoms with Crippen molar-refractivity contribution in [2.45, 2.75) is 0 Å². The highest BCUT2D eigenvalue weighted by atomic mass is 79.9. The summed E-state index contributed by atoms with van der Waals surface area (Å²) in [6, 6.07) is 7.54. The van der Waals surface area contributed by atoms with Crippen LogP contribution in [0.3, 0.4) is 0 Å². The van der Waals surface area contributed by atoms with Crippen molar-refractivity contribution in [3.63, 3.8) is 0 Å². The van der Waals surface area contributed by atoms with Crippen LogP contribution in [0.1, 0.15) is 0 Å². The molecule has 2 aromatic heterocycles. The zero-order chi connectivity index (χ0) is 13.9. The lowest BCUT2D eigenvalue weighted by Crippen LogP contribution is -1.96. The standard InChI is InChI=1S/C12H8BrN5OS/c13-8-3-1-7(2-4-8)9-10(11(19)17-15-9)16-18-12-14-5-6-20-12/h1-6H,(H2,15,17,19). The summed E-state index contributed by atoms with van der Waals surface area (Å²) < 4.78 is 0.963. The average Bonchev–Trinajstić information content (AvgIpc) is 3.07. The third kappa shape index (κ3) is 2.61. The Bertz CT molecular complexity index is 788. The van der Waals surface area contributed by atoms with Crippen molar-refractivity contribution in [2.75, 3.05) is 0 Å². The Balaban J connectivity index is 2.01. The van der Waals surface area contributed by atoms with Gasteiger partial charge in [-0.1, -0.05) is 28.1 Å². The van der Waals surface area contributed by atoms with Gasteiger partial charge in [0, 0.05) is 21.6 Å². The number of azo groups is 1. The topological polar surface area (TPSA) is 86.3 Å². The lowest BCUT2D eigenvalue weighted by molar-refractivity contribution is 1.06. The van der Waals surface area contributed by atoms with E-state index in [0.717, 1.165) is 10.0 Å². The average molecular weight is 350 g/mol. The number of aromatic amines is 2. The highest BCUT2D eigenvalue weighted by Crippen LogP contribution is 2.27. The van der Waals surface area contributed by atoms with E-state index in [1.54, 1.807) is 11.6 Å². The molecule has 6 nitrogen and oxygen atoms in total. The van der Waals surface area contributed by atoms with Gasteiger partial charge in [-0.25, -0.2) is 4.98 Å². The molecule has 0 bridgehead atoms. The van der Waals surface area contributed by atoms with E-state index in [9.17, 15) is 4.79 Å². The molecule has 8 heteroatoms. The van der Waals surface area contributed by atoms with Crippen molar-refractivity contribution in [3.8, 4) is 11.3 Å². The van der Waals surface area contributed by atoms with E-state index in [1.165, 1.54) is 11.3 Å². The number of rotatable bonds is 3. The van der Waals surface area contributed by atoms with Gasteiger partial charge in [-0.3, -0.25) is 15.0 Å². The Morgan fingerprint density at radius 1 is 1.15 bits per heavy atom. The molecular formula is C12H8BrN5OS. The monoisotopic (exact) mass is 349 g/mol. The third-order valence-electron chi connectivity index (χ3n) is 2.54. The van der Waals surface area contributed by atoms with Gasteiger partial charge < -0.3 is 0 Å². The van der Waals surface area contributed by atoms with E-state index in [4.69, 9.17) is 0 Å². The molecule has 2 N–H and O–H groups in total. The van der Waals surface area contributed by atoms with Gasteiger partial charge in [-0.05, 0) is 12.1 Å². The van der Waals surface area contributed by atoms with Crippen molar-refractivity contribution in [3.05, 3.63) is 50.7 Å². The molecule has 3 aromatic rings. The molecule has 0 amide bonds. The molecule has 0 aliphatic carbocycles. The number of hydrogen-bond acceptors (Lipinski definition) is 5. The van der Waals surface area contributed by atoms with Crippen molar-refractivity contribution in [1.29, 1.82) is 0 Å². The Labute approximate surface area is 125 Å². The first kappa shape index (κ1) is 12.9. The number of H-pyrrole nitrogens is 2. The number of nitrogens with zero attached hydrogens (tertiary/aromatic N) is 3. The minimum Gasteiger partial charge on any atom is -0.295 e. The summed E-state index contributed by atoms with van der Waals surface area (Å²) in [7, 11) is 0. The van der Waals surface area contributed by atoms with Crippen LogP contribution in [0.25, 0.3) is 11.3 Å². The highest BCUT2D eigenvalue weighted by molar-refractivity contribution is 9.10. The maximum absolute atomic E-state index is 11.8. The van der Waals surface area contributed by atoms with Gasteiger partial charge in [0.2, 0.25) is 5.13 Å². The minimum absolute atomic E-state index is 0.238.